The molecule has 4 aromatic carbocycles. The summed E-state index contributed by atoms with van der Waals surface area (Å²) < 4.78 is 23.1. The number of rotatable bonds is 15. The zero-order valence-corrected chi connectivity index (χ0v) is 26.0. The van der Waals surface area contributed by atoms with Crippen LogP contribution in [0.3, 0.4) is 0 Å². The molecule has 1 aliphatic rings. The number of carbonyl (C=O) groups excluding carboxylic acids is 1. The van der Waals surface area contributed by atoms with Gasteiger partial charge in [0.2, 0.25) is 5.90 Å². The second-order valence-electron chi connectivity index (χ2n) is 10.7. The monoisotopic (exact) mass is 621 g/mol. The normalized spacial score (nSPS) is 17.3. The molecule has 46 heavy (non-hydrogen) atoms. The number of aliphatic hydroxyl groups is 1. The van der Waals surface area contributed by atoms with Gasteiger partial charge in [0.15, 0.2) is 11.6 Å². The summed E-state index contributed by atoms with van der Waals surface area (Å²) in [6.45, 7) is 0.864. The Hall–Kier alpha value is -5.12. The summed E-state index contributed by atoms with van der Waals surface area (Å²) in [6, 6.07) is 32.4. The van der Waals surface area contributed by atoms with Crippen LogP contribution in [-0.4, -0.2) is 49.9 Å². The van der Waals surface area contributed by atoms with Crippen molar-refractivity contribution in [1.82, 2.24) is 10.9 Å². The lowest BCUT2D eigenvalue weighted by atomic mass is 9.84. The molecule has 0 bridgehead atoms. The maximum absolute atomic E-state index is 14.3. The highest BCUT2D eigenvalue weighted by atomic mass is 16.5. The van der Waals surface area contributed by atoms with Crippen LogP contribution in [0.25, 0.3) is 6.08 Å². The van der Waals surface area contributed by atoms with Gasteiger partial charge in [-0.25, -0.2) is 10.4 Å². The quantitative estimate of drug-likeness (QED) is 0.116. The van der Waals surface area contributed by atoms with Crippen LogP contribution in [0.5, 0.6) is 17.2 Å². The van der Waals surface area contributed by atoms with Gasteiger partial charge < -0.3 is 24.1 Å². The lowest BCUT2D eigenvalue weighted by molar-refractivity contribution is -0.129. The van der Waals surface area contributed by atoms with Gasteiger partial charge in [-0.15, -0.1) is 0 Å². The van der Waals surface area contributed by atoms with E-state index in [9.17, 15) is 4.79 Å². The Labute approximate surface area is 269 Å². The van der Waals surface area contributed by atoms with Gasteiger partial charge in [0.25, 0.3) is 5.91 Å². The van der Waals surface area contributed by atoms with Crippen LogP contribution in [0.1, 0.15) is 41.2 Å². The van der Waals surface area contributed by atoms with Gasteiger partial charge in [0.05, 0.1) is 20.8 Å². The minimum Gasteiger partial charge on any atom is -0.497 e. The predicted molar refractivity (Wildman–Crippen MR) is 178 cm³/mol. The molecule has 9 heteroatoms. The maximum atomic E-state index is 14.3. The molecule has 1 amide bonds. The van der Waals surface area contributed by atoms with Crippen molar-refractivity contribution in [2.24, 2.45) is 4.99 Å². The average Bonchev–Trinajstić information content (AvgIpc) is 3.50. The first kappa shape index (κ1) is 32.3. The highest BCUT2D eigenvalue weighted by Crippen LogP contribution is 2.43. The minimum absolute atomic E-state index is 0.0617. The Morgan fingerprint density at radius 2 is 1.65 bits per heavy atom. The Morgan fingerprint density at radius 3 is 2.37 bits per heavy atom. The Balaban J connectivity index is 1.48. The molecule has 0 saturated carbocycles. The van der Waals surface area contributed by atoms with E-state index in [1.807, 2.05) is 115 Å². The summed E-state index contributed by atoms with van der Waals surface area (Å²) in [6.07, 6.45) is 3.97. The van der Waals surface area contributed by atoms with Crippen LogP contribution in [0.15, 0.2) is 114 Å². The molecule has 1 aliphatic heterocycles. The molecule has 0 unspecified atom stereocenters. The largest absolute Gasteiger partial charge is 0.497 e. The van der Waals surface area contributed by atoms with E-state index in [2.05, 4.69) is 10.9 Å². The number of methoxy groups -OCH3 is 2. The number of carbonyl (C=O) groups is 1. The van der Waals surface area contributed by atoms with Crippen LogP contribution in [0.2, 0.25) is 0 Å². The molecule has 3 N–H and O–H groups in total. The Morgan fingerprint density at radius 1 is 0.913 bits per heavy atom. The standard InChI is InChI=1S/C37H39N3O6/c1-43-31-18-14-28(15-19-31)26-38-40-36(42)37(22-7-11-27-9-4-3-5-10-27)34(30-12-6-13-33(25-30)44-2)46-35(39-37)29-16-20-32(21-17-29)45-24-8-23-41/h3-7,9-21,25,34,38,41H,8,22-24,26H2,1-2H3,(H,40,42)/b11-7+/t34-,37-/m0/s1. The highest BCUT2D eigenvalue weighted by Gasteiger charge is 2.52. The van der Waals surface area contributed by atoms with Crippen LogP contribution in [0.4, 0.5) is 0 Å². The van der Waals surface area contributed by atoms with E-state index in [1.165, 1.54) is 0 Å². The van der Waals surface area contributed by atoms with Crippen LogP contribution >= 0.6 is 0 Å². The van der Waals surface area contributed by atoms with Crippen molar-refractivity contribution in [3.63, 3.8) is 0 Å². The third kappa shape index (κ3) is 7.93. The summed E-state index contributed by atoms with van der Waals surface area (Å²) in [5.41, 5.74) is 8.06. The number of aliphatic imine (C=N–C) groups is 1. The highest BCUT2D eigenvalue weighted by molar-refractivity contribution is 6.01. The lowest BCUT2D eigenvalue weighted by Crippen LogP contribution is -2.52. The number of hydrogen-bond acceptors (Lipinski definition) is 8. The fraction of sp³-hybridized carbons (Fsp3) is 0.243. The fourth-order valence-electron chi connectivity index (χ4n) is 5.14. The molecule has 0 aromatic heterocycles. The summed E-state index contributed by atoms with van der Waals surface area (Å²) in [7, 11) is 3.23. The van der Waals surface area contributed by atoms with Crippen molar-refractivity contribution in [3.05, 3.63) is 131 Å². The zero-order valence-electron chi connectivity index (χ0n) is 26.0. The second kappa shape index (κ2) is 15.7. The van der Waals surface area contributed by atoms with Gasteiger partial charge in [-0.05, 0) is 65.2 Å². The Kier molecular flexibility index (Phi) is 11.0. The van der Waals surface area contributed by atoms with E-state index in [4.69, 9.17) is 29.0 Å². The van der Waals surface area contributed by atoms with E-state index in [0.717, 1.165) is 22.4 Å². The maximum Gasteiger partial charge on any atom is 0.266 e. The van der Waals surface area contributed by atoms with Crippen molar-refractivity contribution in [2.75, 3.05) is 27.4 Å². The SMILES string of the molecule is COc1ccc(CNNC(=O)[C@@]2(C/C=C/c3ccccc3)N=C(c3ccc(OCCCO)cc3)O[C@H]2c2cccc(OC)c2)cc1. The fourth-order valence-corrected chi connectivity index (χ4v) is 5.14. The van der Waals surface area contributed by atoms with Gasteiger partial charge in [-0.1, -0.05) is 66.7 Å². The molecular weight excluding hydrogens is 582 g/mol. The second-order valence-corrected chi connectivity index (χ2v) is 10.7. The number of aliphatic hydroxyl groups excluding tert-OH is 1. The smallest absolute Gasteiger partial charge is 0.266 e. The number of ether oxygens (including phenoxy) is 4. The number of hydrazine groups is 1. The van der Waals surface area contributed by atoms with E-state index >= 15 is 0 Å². The first-order chi connectivity index (χ1) is 22.5. The number of amides is 1. The molecule has 5 rings (SSSR count). The van der Waals surface area contributed by atoms with E-state index in [-0.39, 0.29) is 18.9 Å². The van der Waals surface area contributed by atoms with Crippen molar-refractivity contribution in [3.8, 4) is 17.2 Å². The molecular formula is C37H39N3O6. The predicted octanol–water partition coefficient (Wildman–Crippen LogP) is 5.65. The van der Waals surface area contributed by atoms with Crippen LogP contribution in [-0.2, 0) is 16.1 Å². The lowest BCUT2D eigenvalue weighted by Gasteiger charge is -2.30. The van der Waals surface area contributed by atoms with Gasteiger partial charge >= 0.3 is 0 Å². The van der Waals surface area contributed by atoms with Gasteiger partial charge in [-0.2, -0.15) is 0 Å². The number of hydrogen-bond donors (Lipinski definition) is 3. The molecule has 0 aliphatic carbocycles. The summed E-state index contributed by atoms with van der Waals surface area (Å²) in [4.78, 5) is 19.4. The van der Waals surface area contributed by atoms with E-state index in [1.54, 1.807) is 14.2 Å². The molecule has 0 spiro atoms. The van der Waals surface area contributed by atoms with Crippen molar-refractivity contribution in [2.45, 2.75) is 31.0 Å². The molecule has 1 heterocycles. The molecule has 4 aromatic rings. The number of nitrogens with one attached hydrogen (secondary N) is 2. The van der Waals surface area contributed by atoms with Crippen LogP contribution < -0.4 is 25.1 Å². The Bertz CT molecular complexity index is 1620. The van der Waals surface area contributed by atoms with Crippen molar-refractivity contribution < 1.29 is 28.8 Å². The average molecular weight is 622 g/mol. The molecule has 0 radical (unpaired) electrons. The summed E-state index contributed by atoms with van der Waals surface area (Å²) in [5, 5.41) is 9.07. The van der Waals surface area contributed by atoms with Gasteiger partial charge in [-0.3, -0.25) is 10.2 Å². The first-order valence-corrected chi connectivity index (χ1v) is 15.2. The first-order valence-electron chi connectivity index (χ1n) is 15.2. The summed E-state index contributed by atoms with van der Waals surface area (Å²) in [5.74, 6) is 2.06. The molecule has 238 valence electrons. The molecule has 9 nitrogen and oxygen atoms in total. The minimum atomic E-state index is -1.36. The summed E-state index contributed by atoms with van der Waals surface area (Å²) >= 11 is 0. The van der Waals surface area contributed by atoms with Gasteiger partial charge in [0.1, 0.15) is 17.2 Å². The molecule has 2 atom stereocenters. The third-order valence-electron chi connectivity index (χ3n) is 7.62. The van der Waals surface area contributed by atoms with E-state index < -0.39 is 11.6 Å². The van der Waals surface area contributed by atoms with Crippen LogP contribution in [0, 0.1) is 0 Å². The molecule has 0 saturated heterocycles. The zero-order chi connectivity index (χ0) is 32.2. The van der Waals surface area contributed by atoms with Crippen molar-refractivity contribution in [1.29, 1.82) is 0 Å². The molecule has 0 fully saturated rings. The topological polar surface area (TPSA) is 111 Å². The third-order valence-corrected chi connectivity index (χ3v) is 7.62. The number of benzene rings is 4. The van der Waals surface area contributed by atoms with Gasteiger partial charge in [0, 0.05) is 31.6 Å². The van der Waals surface area contributed by atoms with E-state index in [0.29, 0.717) is 42.5 Å². The van der Waals surface area contributed by atoms with Crippen molar-refractivity contribution >= 4 is 17.9 Å². The number of nitrogens with zero attached hydrogens (tertiary/aromatic N) is 1.